The number of unbranched alkanes of at least 4 members (excludes halogenated alkanes) is 1. The molecule has 7 nitrogen and oxygen atoms in total. The lowest BCUT2D eigenvalue weighted by molar-refractivity contribution is 0.505. The van der Waals surface area contributed by atoms with Gasteiger partial charge in [0.2, 0.25) is 10.0 Å². The summed E-state index contributed by atoms with van der Waals surface area (Å²) in [6, 6.07) is 16.8. The van der Waals surface area contributed by atoms with Gasteiger partial charge >= 0.3 is 0 Å². The third-order valence-corrected chi connectivity index (χ3v) is 8.64. The molecular formula is C27H33BClN5O2S. The van der Waals surface area contributed by atoms with Crippen LogP contribution in [0.3, 0.4) is 0 Å². The largest absolute Gasteiger partial charge is 0.370 e. The first kappa shape index (κ1) is 27.2. The van der Waals surface area contributed by atoms with Crippen molar-refractivity contribution in [3.63, 3.8) is 0 Å². The molecule has 0 spiro atoms. The predicted octanol–water partition coefficient (Wildman–Crippen LogP) is 4.17. The zero-order valence-electron chi connectivity index (χ0n) is 21.8. The zero-order valence-corrected chi connectivity index (χ0v) is 23.3. The van der Waals surface area contributed by atoms with Crippen LogP contribution in [0.15, 0.2) is 65.7 Å². The van der Waals surface area contributed by atoms with E-state index in [0.29, 0.717) is 29.4 Å². The molecule has 0 fully saturated rings. The molecule has 0 aliphatic heterocycles. The summed E-state index contributed by atoms with van der Waals surface area (Å²) in [5.74, 6) is 0.809. The monoisotopic (exact) mass is 537 g/mol. The highest BCUT2D eigenvalue weighted by Crippen LogP contribution is 2.29. The Morgan fingerprint density at radius 2 is 1.76 bits per heavy atom. The van der Waals surface area contributed by atoms with Crippen LogP contribution in [0.25, 0.3) is 16.9 Å². The highest BCUT2D eigenvalue weighted by Gasteiger charge is 2.20. The maximum atomic E-state index is 12.7. The molecule has 37 heavy (non-hydrogen) atoms. The minimum Gasteiger partial charge on any atom is -0.370 e. The van der Waals surface area contributed by atoms with Gasteiger partial charge < -0.3 is 5.32 Å². The van der Waals surface area contributed by atoms with E-state index in [1.165, 1.54) is 0 Å². The second-order valence-electron chi connectivity index (χ2n) is 9.86. The second-order valence-corrected chi connectivity index (χ2v) is 12.0. The maximum Gasteiger partial charge on any atom is 0.240 e. The van der Waals surface area contributed by atoms with Crippen molar-refractivity contribution >= 4 is 46.4 Å². The van der Waals surface area contributed by atoms with Crippen LogP contribution in [0.1, 0.15) is 45.6 Å². The average molecular weight is 538 g/mol. The van der Waals surface area contributed by atoms with Crippen molar-refractivity contribution in [3.8, 4) is 11.3 Å². The highest BCUT2D eigenvalue weighted by molar-refractivity contribution is 7.89. The molecule has 0 atom stereocenters. The first-order valence-electron chi connectivity index (χ1n) is 12.6. The molecule has 0 unspecified atom stereocenters. The third-order valence-electron chi connectivity index (χ3n) is 6.83. The number of hydrogen-bond acceptors (Lipinski definition) is 5. The fourth-order valence-corrected chi connectivity index (χ4v) is 5.36. The van der Waals surface area contributed by atoms with Gasteiger partial charge in [-0.15, -0.1) is 0 Å². The Bertz CT molecular complexity index is 1490. The van der Waals surface area contributed by atoms with E-state index in [-0.39, 0.29) is 5.41 Å². The smallest absolute Gasteiger partial charge is 0.240 e. The topological polar surface area (TPSA) is 88.4 Å². The summed E-state index contributed by atoms with van der Waals surface area (Å²) in [7, 11) is -1.57. The van der Waals surface area contributed by atoms with Gasteiger partial charge in [-0.25, -0.2) is 18.1 Å². The van der Waals surface area contributed by atoms with Gasteiger partial charge in [-0.05, 0) is 53.9 Å². The first-order chi connectivity index (χ1) is 17.6. The lowest BCUT2D eigenvalue weighted by atomic mass is 9.82. The van der Waals surface area contributed by atoms with Crippen LogP contribution in [0.5, 0.6) is 0 Å². The van der Waals surface area contributed by atoms with E-state index >= 15 is 0 Å². The number of benzene rings is 2. The Kier molecular flexibility index (Phi) is 8.26. The summed E-state index contributed by atoms with van der Waals surface area (Å²) in [6.07, 6.45) is 4.24. The number of rotatable bonds is 11. The van der Waals surface area contributed by atoms with E-state index in [1.807, 2.05) is 50.3 Å². The summed E-state index contributed by atoms with van der Waals surface area (Å²) in [4.78, 5) is 5.06. The van der Waals surface area contributed by atoms with Gasteiger partial charge in [0.25, 0.3) is 0 Å². The van der Waals surface area contributed by atoms with E-state index in [0.717, 1.165) is 46.6 Å². The van der Waals surface area contributed by atoms with Crippen molar-refractivity contribution < 1.29 is 8.42 Å². The van der Waals surface area contributed by atoms with Crippen LogP contribution in [0, 0.1) is 0 Å². The summed E-state index contributed by atoms with van der Waals surface area (Å²) in [5, 5.41) is 8.51. The standard InChI is InChI=1S/C27H33BClN5O2S/c1-4-27(2,3)19-11-13-20(14-12-19)37(35,36)32-16-8-7-15-30-25-17-24(21-9-5-6-10-23(21)29)33-26-22(28)18-31-34(25)26/h5-6,9-14,17-18,30,32H,4,7-8,15-16,28H2,1-3H3. The van der Waals surface area contributed by atoms with Crippen molar-refractivity contribution in [1.29, 1.82) is 0 Å². The Balaban J connectivity index is 1.35. The molecule has 4 aromatic rings. The van der Waals surface area contributed by atoms with Gasteiger partial charge in [-0.1, -0.05) is 62.7 Å². The van der Waals surface area contributed by atoms with Crippen LogP contribution < -0.4 is 15.5 Å². The van der Waals surface area contributed by atoms with Crippen molar-refractivity contribution in [3.05, 3.63) is 71.4 Å². The van der Waals surface area contributed by atoms with Crippen molar-refractivity contribution in [2.24, 2.45) is 0 Å². The number of anilines is 1. The quantitative estimate of drug-likeness (QED) is 0.221. The average Bonchev–Trinajstić information content (AvgIpc) is 3.27. The molecule has 2 heterocycles. The van der Waals surface area contributed by atoms with Gasteiger partial charge in [0.05, 0.1) is 10.6 Å². The van der Waals surface area contributed by atoms with Crippen LogP contribution >= 0.6 is 11.6 Å². The fourth-order valence-electron chi connectivity index (χ4n) is 4.05. The molecular weight excluding hydrogens is 505 g/mol. The van der Waals surface area contributed by atoms with Gasteiger partial charge in [0.1, 0.15) is 13.7 Å². The van der Waals surface area contributed by atoms with E-state index in [2.05, 4.69) is 35.9 Å². The predicted molar refractivity (Wildman–Crippen MR) is 154 cm³/mol. The third kappa shape index (κ3) is 6.17. The molecule has 0 aliphatic rings. The van der Waals surface area contributed by atoms with Crippen molar-refractivity contribution in [1.82, 2.24) is 19.3 Å². The summed E-state index contributed by atoms with van der Waals surface area (Å²) in [6.45, 7) is 7.47. The Labute approximate surface area is 225 Å². The minimum atomic E-state index is -3.54. The number of nitrogens with zero attached hydrogens (tertiary/aromatic N) is 3. The molecule has 10 heteroatoms. The van der Waals surface area contributed by atoms with Gasteiger partial charge in [-0.3, -0.25) is 0 Å². The van der Waals surface area contributed by atoms with Gasteiger partial charge in [0.15, 0.2) is 5.65 Å². The summed E-state index contributed by atoms with van der Waals surface area (Å²) < 4.78 is 29.9. The number of sulfonamides is 1. The SMILES string of the molecule is Bc1cnn2c(NCCCCNS(=O)(=O)c3ccc(C(C)(C)CC)cc3)cc(-c3ccccc3Cl)nc12. The van der Waals surface area contributed by atoms with Crippen LogP contribution in [0.2, 0.25) is 5.02 Å². The Morgan fingerprint density at radius 1 is 1.05 bits per heavy atom. The molecule has 0 aliphatic carbocycles. The lowest BCUT2D eigenvalue weighted by Gasteiger charge is -2.23. The van der Waals surface area contributed by atoms with E-state index < -0.39 is 10.0 Å². The molecule has 194 valence electrons. The normalized spacial score (nSPS) is 12.2. The highest BCUT2D eigenvalue weighted by atomic mass is 35.5. The maximum absolute atomic E-state index is 12.7. The van der Waals surface area contributed by atoms with E-state index in [9.17, 15) is 8.42 Å². The minimum absolute atomic E-state index is 0.0199. The molecule has 2 N–H and O–H groups in total. The Hall–Kier alpha value is -2.88. The molecule has 0 bridgehead atoms. The fraction of sp³-hybridized carbons (Fsp3) is 0.333. The molecule has 2 aromatic heterocycles. The lowest BCUT2D eigenvalue weighted by Crippen LogP contribution is -2.25. The number of aromatic nitrogens is 3. The first-order valence-corrected chi connectivity index (χ1v) is 14.4. The molecule has 2 aromatic carbocycles. The number of halogens is 1. The van der Waals surface area contributed by atoms with Gasteiger partial charge in [0, 0.05) is 35.9 Å². The molecule has 0 saturated heterocycles. The zero-order chi connectivity index (χ0) is 26.6. The van der Waals surface area contributed by atoms with Crippen LogP contribution in [0.4, 0.5) is 5.82 Å². The van der Waals surface area contributed by atoms with Crippen LogP contribution in [-0.4, -0.2) is 44.0 Å². The van der Waals surface area contributed by atoms with Crippen molar-refractivity contribution in [2.75, 3.05) is 18.4 Å². The summed E-state index contributed by atoms with van der Waals surface area (Å²) >= 11 is 6.41. The van der Waals surface area contributed by atoms with Gasteiger partial charge in [-0.2, -0.15) is 9.61 Å². The molecule has 4 rings (SSSR count). The number of hydrogen-bond donors (Lipinski definition) is 2. The van der Waals surface area contributed by atoms with E-state index in [4.69, 9.17) is 16.6 Å². The second kappa shape index (κ2) is 11.2. The number of fused-ring (bicyclic) bond motifs is 1. The molecule has 0 saturated carbocycles. The van der Waals surface area contributed by atoms with Crippen LogP contribution in [-0.2, 0) is 15.4 Å². The molecule has 0 radical (unpaired) electrons. The van der Waals surface area contributed by atoms with E-state index in [1.54, 1.807) is 22.8 Å². The Morgan fingerprint density at radius 3 is 2.46 bits per heavy atom. The van der Waals surface area contributed by atoms with Crippen molar-refractivity contribution in [2.45, 2.75) is 50.3 Å². The summed E-state index contributed by atoms with van der Waals surface area (Å²) in [5.41, 5.74) is 4.52. The number of nitrogens with one attached hydrogen (secondary N) is 2. The molecule has 0 amide bonds.